The SMILES string of the molecule is CSC(CO)C(C)Nc1c(F)cccc1[N+](=O)[O-]. The van der Waals surface area contributed by atoms with E-state index in [2.05, 4.69) is 5.32 Å². The van der Waals surface area contributed by atoms with Crippen molar-refractivity contribution in [3.63, 3.8) is 0 Å². The lowest BCUT2D eigenvalue weighted by Crippen LogP contribution is -2.31. The average molecular weight is 274 g/mol. The molecule has 5 nitrogen and oxygen atoms in total. The first kappa shape index (κ1) is 14.7. The van der Waals surface area contributed by atoms with Crippen LogP contribution in [0.5, 0.6) is 0 Å². The van der Waals surface area contributed by atoms with E-state index in [0.717, 1.165) is 6.07 Å². The number of hydrogen-bond donors (Lipinski definition) is 2. The second-order valence-corrected chi connectivity index (χ2v) is 4.86. The first-order chi connectivity index (χ1) is 8.51. The number of rotatable bonds is 6. The highest BCUT2D eigenvalue weighted by molar-refractivity contribution is 7.99. The molecule has 1 rings (SSSR count). The molecule has 2 N–H and O–H groups in total. The average Bonchev–Trinajstić information content (AvgIpc) is 2.33. The summed E-state index contributed by atoms with van der Waals surface area (Å²) in [6.07, 6.45) is 1.81. The molecule has 0 aliphatic rings. The van der Waals surface area contributed by atoms with Gasteiger partial charge in [-0.1, -0.05) is 6.07 Å². The van der Waals surface area contributed by atoms with Gasteiger partial charge in [0.2, 0.25) is 0 Å². The molecule has 0 saturated heterocycles. The highest BCUT2D eigenvalue weighted by atomic mass is 32.2. The predicted molar refractivity (Wildman–Crippen MR) is 70.5 cm³/mol. The molecule has 1 aromatic carbocycles. The molecule has 18 heavy (non-hydrogen) atoms. The minimum absolute atomic E-state index is 0.0857. The van der Waals surface area contributed by atoms with Crippen LogP contribution in [0.3, 0.4) is 0 Å². The molecule has 0 bridgehead atoms. The van der Waals surface area contributed by atoms with Crippen LogP contribution in [0.2, 0.25) is 0 Å². The van der Waals surface area contributed by atoms with Crippen molar-refractivity contribution < 1.29 is 14.4 Å². The molecule has 0 fully saturated rings. The minimum atomic E-state index is -0.672. The van der Waals surface area contributed by atoms with Gasteiger partial charge in [-0.3, -0.25) is 10.1 Å². The van der Waals surface area contributed by atoms with Crippen LogP contribution in [-0.4, -0.2) is 34.2 Å². The fraction of sp³-hybridized carbons (Fsp3) is 0.455. The molecule has 0 saturated carbocycles. The van der Waals surface area contributed by atoms with E-state index < -0.39 is 10.7 Å². The van der Waals surface area contributed by atoms with E-state index in [-0.39, 0.29) is 29.3 Å². The van der Waals surface area contributed by atoms with Crippen LogP contribution >= 0.6 is 11.8 Å². The lowest BCUT2D eigenvalue weighted by atomic mass is 10.2. The first-order valence-corrected chi connectivity index (χ1v) is 6.63. The van der Waals surface area contributed by atoms with E-state index in [1.165, 1.54) is 23.9 Å². The van der Waals surface area contributed by atoms with Gasteiger partial charge in [0.15, 0.2) is 5.82 Å². The van der Waals surface area contributed by atoms with Crippen LogP contribution in [-0.2, 0) is 0 Å². The zero-order chi connectivity index (χ0) is 13.7. The van der Waals surface area contributed by atoms with Crippen LogP contribution < -0.4 is 5.32 Å². The highest BCUT2D eigenvalue weighted by Crippen LogP contribution is 2.28. The summed E-state index contributed by atoms with van der Waals surface area (Å²) in [6, 6.07) is 3.40. The van der Waals surface area contributed by atoms with Crippen LogP contribution in [0.1, 0.15) is 6.92 Å². The number of aliphatic hydroxyl groups is 1. The largest absolute Gasteiger partial charge is 0.395 e. The van der Waals surface area contributed by atoms with Crippen LogP contribution in [0.25, 0.3) is 0 Å². The van der Waals surface area contributed by atoms with Gasteiger partial charge in [0.1, 0.15) is 5.69 Å². The summed E-state index contributed by atoms with van der Waals surface area (Å²) in [5.74, 6) is -0.672. The summed E-state index contributed by atoms with van der Waals surface area (Å²) < 4.78 is 13.6. The number of anilines is 1. The van der Waals surface area contributed by atoms with Crippen molar-refractivity contribution in [2.24, 2.45) is 0 Å². The molecule has 0 aliphatic heterocycles. The quantitative estimate of drug-likeness (QED) is 0.614. The van der Waals surface area contributed by atoms with Crippen molar-refractivity contribution in [3.8, 4) is 0 Å². The number of hydrogen-bond acceptors (Lipinski definition) is 5. The number of para-hydroxylation sites is 1. The Balaban J connectivity index is 2.99. The minimum Gasteiger partial charge on any atom is -0.395 e. The Kier molecular flexibility index (Phi) is 5.36. The molecule has 0 amide bonds. The van der Waals surface area contributed by atoms with Crippen molar-refractivity contribution in [3.05, 3.63) is 34.1 Å². The molecule has 0 aliphatic carbocycles. The summed E-state index contributed by atoms with van der Waals surface area (Å²) >= 11 is 1.41. The van der Waals surface area contributed by atoms with Crippen molar-refractivity contribution in [1.29, 1.82) is 0 Å². The van der Waals surface area contributed by atoms with Gasteiger partial charge in [-0.05, 0) is 19.2 Å². The van der Waals surface area contributed by atoms with E-state index in [9.17, 15) is 14.5 Å². The van der Waals surface area contributed by atoms with E-state index in [1.54, 1.807) is 6.92 Å². The number of thioether (sulfide) groups is 1. The summed E-state index contributed by atoms with van der Waals surface area (Å²) in [5, 5.41) is 22.5. The van der Waals surface area contributed by atoms with Crippen molar-refractivity contribution in [2.45, 2.75) is 18.2 Å². The van der Waals surface area contributed by atoms with Gasteiger partial charge in [0.25, 0.3) is 5.69 Å². The first-order valence-electron chi connectivity index (χ1n) is 5.34. The standard InChI is InChI=1S/C11H15FN2O3S/c1-7(10(6-15)18-2)13-11-8(12)4-3-5-9(11)14(16)17/h3-5,7,10,13,15H,6H2,1-2H3. The van der Waals surface area contributed by atoms with Gasteiger partial charge in [0, 0.05) is 17.4 Å². The number of nitro groups is 1. The Morgan fingerprint density at radius 1 is 1.61 bits per heavy atom. The maximum Gasteiger partial charge on any atom is 0.295 e. The van der Waals surface area contributed by atoms with Gasteiger partial charge in [-0.25, -0.2) is 4.39 Å². The van der Waals surface area contributed by atoms with Gasteiger partial charge in [-0.2, -0.15) is 11.8 Å². The molecule has 0 radical (unpaired) electrons. The Bertz CT molecular complexity index is 427. The maximum absolute atomic E-state index is 13.6. The smallest absolute Gasteiger partial charge is 0.295 e. The summed E-state index contributed by atoms with van der Waals surface area (Å²) in [4.78, 5) is 10.2. The molecule has 100 valence electrons. The molecule has 1 aromatic rings. The van der Waals surface area contributed by atoms with E-state index in [1.807, 2.05) is 6.26 Å². The lowest BCUT2D eigenvalue weighted by molar-refractivity contribution is -0.384. The normalized spacial score (nSPS) is 14.0. The van der Waals surface area contributed by atoms with E-state index in [4.69, 9.17) is 5.11 Å². The molecule has 0 heterocycles. The Labute approximate surface area is 109 Å². The highest BCUT2D eigenvalue weighted by Gasteiger charge is 2.22. The zero-order valence-corrected chi connectivity index (χ0v) is 10.9. The monoisotopic (exact) mass is 274 g/mol. The maximum atomic E-state index is 13.6. The summed E-state index contributed by atoms with van der Waals surface area (Å²) in [6.45, 7) is 1.66. The van der Waals surface area contributed by atoms with Crippen LogP contribution in [0.15, 0.2) is 18.2 Å². The van der Waals surface area contributed by atoms with E-state index in [0.29, 0.717) is 0 Å². The van der Waals surface area contributed by atoms with Gasteiger partial charge in [-0.15, -0.1) is 0 Å². The molecule has 2 unspecified atom stereocenters. The van der Waals surface area contributed by atoms with Crippen LogP contribution in [0.4, 0.5) is 15.8 Å². The molecule has 0 spiro atoms. The summed E-state index contributed by atoms with van der Waals surface area (Å²) in [7, 11) is 0. The third kappa shape index (κ3) is 3.33. The third-order valence-corrected chi connectivity index (χ3v) is 3.76. The molecule has 2 atom stereocenters. The molecule has 0 aromatic heterocycles. The zero-order valence-electron chi connectivity index (χ0n) is 10.1. The van der Waals surface area contributed by atoms with Crippen molar-refractivity contribution in [1.82, 2.24) is 0 Å². The second-order valence-electron chi connectivity index (χ2n) is 3.78. The Hall–Kier alpha value is -1.34. The number of nitro benzene ring substituents is 1. The molecular formula is C11H15FN2O3S. The van der Waals surface area contributed by atoms with Gasteiger partial charge >= 0.3 is 0 Å². The van der Waals surface area contributed by atoms with Crippen LogP contribution in [0, 0.1) is 15.9 Å². The number of halogens is 1. The molecule has 7 heteroatoms. The lowest BCUT2D eigenvalue weighted by Gasteiger charge is -2.22. The summed E-state index contributed by atoms with van der Waals surface area (Å²) in [5.41, 5.74) is -0.442. The Morgan fingerprint density at radius 3 is 2.78 bits per heavy atom. The third-order valence-electron chi connectivity index (χ3n) is 2.60. The fourth-order valence-corrected chi connectivity index (χ4v) is 2.19. The number of benzene rings is 1. The molecular weight excluding hydrogens is 259 g/mol. The Morgan fingerprint density at radius 2 is 2.28 bits per heavy atom. The number of nitrogens with one attached hydrogen (secondary N) is 1. The van der Waals surface area contributed by atoms with Crippen molar-refractivity contribution >= 4 is 23.1 Å². The van der Waals surface area contributed by atoms with Gasteiger partial charge < -0.3 is 10.4 Å². The van der Waals surface area contributed by atoms with Gasteiger partial charge in [0.05, 0.1) is 11.5 Å². The van der Waals surface area contributed by atoms with E-state index >= 15 is 0 Å². The topological polar surface area (TPSA) is 75.4 Å². The van der Waals surface area contributed by atoms with Crippen molar-refractivity contribution in [2.75, 3.05) is 18.2 Å². The predicted octanol–water partition coefficient (Wildman–Crippen LogP) is 2.26. The number of nitrogens with zero attached hydrogens (tertiary/aromatic N) is 1. The fourth-order valence-electron chi connectivity index (χ4n) is 1.57. The second kappa shape index (κ2) is 6.55. The number of aliphatic hydroxyl groups excluding tert-OH is 1.